The Balaban J connectivity index is 0. The average Bonchev–Trinajstić information content (AvgIpc) is 1.83. The van der Waals surface area contributed by atoms with Crippen LogP contribution in [-0.4, -0.2) is 41.4 Å². The monoisotopic (exact) mass is 258 g/mol. The largest absolute Gasteiger partial charge is 0.418 e. The van der Waals surface area contributed by atoms with Crippen molar-refractivity contribution in [3.8, 4) is 0 Å². The second kappa shape index (κ2) is 5.34. The van der Waals surface area contributed by atoms with Crippen molar-refractivity contribution in [2.45, 2.75) is 38.6 Å². The third-order valence-electron chi connectivity index (χ3n) is 2.05. The number of rotatable bonds is 3. The normalized spacial score (nSPS) is 16.7. The first-order valence-corrected chi connectivity index (χ1v) is 4.07. The first kappa shape index (κ1) is 16.6. The molecule has 1 radical (unpaired) electrons. The molecule has 0 rings (SSSR count). The zero-order valence-electron chi connectivity index (χ0n) is 8.65. The second-order valence-corrected chi connectivity index (χ2v) is 3.78. The van der Waals surface area contributed by atoms with Gasteiger partial charge >= 0.3 is 6.18 Å². The van der Waals surface area contributed by atoms with Gasteiger partial charge in [-0.15, -0.1) is 0 Å². The maximum Gasteiger partial charge on any atom is 0.418 e. The third kappa shape index (κ3) is 4.63. The number of aliphatic hydroxyl groups is 1. The van der Waals surface area contributed by atoms with E-state index in [0.717, 1.165) is 6.92 Å². The summed E-state index contributed by atoms with van der Waals surface area (Å²) in [6.45, 7) is 3.92. The fourth-order valence-corrected chi connectivity index (χ4v) is 0.758. The van der Waals surface area contributed by atoms with E-state index in [2.05, 4.69) is 0 Å². The van der Waals surface area contributed by atoms with Crippen LogP contribution in [-0.2, 0) is 16.8 Å². The number of alkyl halides is 3. The van der Waals surface area contributed by atoms with Crippen LogP contribution in [0.5, 0.6) is 0 Å². The van der Waals surface area contributed by atoms with E-state index >= 15 is 0 Å². The minimum Gasteiger partial charge on any atom is -0.380 e. The van der Waals surface area contributed by atoms with Gasteiger partial charge in [0.05, 0.1) is 0 Å². The maximum atomic E-state index is 12.2. The first-order valence-electron chi connectivity index (χ1n) is 4.07. The van der Waals surface area contributed by atoms with E-state index in [-0.39, 0.29) is 22.8 Å². The molecule has 0 aromatic heterocycles. The van der Waals surface area contributed by atoms with Crippen LogP contribution in [0.2, 0.25) is 0 Å². The van der Waals surface area contributed by atoms with E-state index in [1.807, 2.05) is 0 Å². The van der Waals surface area contributed by atoms with Crippen LogP contribution in [0.25, 0.3) is 0 Å². The standard InChI is InChI=1S/C8H16F3NO.Co/c1-6(2)12(4)5-7(3,13)8(9,10)11;/h6,13H,5H2,1-4H3;. The molecule has 0 heterocycles. The van der Waals surface area contributed by atoms with E-state index in [4.69, 9.17) is 5.11 Å². The van der Waals surface area contributed by atoms with Crippen molar-refractivity contribution in [1.82, 2.24) is 4.90 Å². The Morgan fingerprint density at radius 3 is 1.86 bits per heavy atom. The molecule has 0 bridgehead atoms. The fourth-order valence-electron chi connectivity index (χ4n) is 0.758. The molecule has 0 saturated heterocycles. The predicted octanol–water partition coefficient (Wildman–Crippen LogP) is 1.64. The summed E-state index contributed by atoms with van der Waals surface area (Å²) < 4.78 is 36.5. The quantitative estimate of drug-likeness (QED) is 0.831. The van der Waals surface area contributed by atoms with Crippen molar-refractivity contribution in [2.75, 3.05) is 13.6 Å². The number of hydrogen-bond acceptors (Lipinski definition) is 2. The molecule has 6 heteroatoms. The molecule has 0 spiro atoms. The van der Waals surface area contributed by atoms with Gasteiger partial charge in [-0.2, -0.15) is 13.2 Å². The molecule has 1 N–H and O–H groups in total. The third-order valence-corrected chi connectivity index (χ3v) is 2.05. The predicted molar refractivity (Wildman–Crippen MR) is 44.4 cm³/mol. The van der Waals surface area contributed by atoms with Crippen molar-refractivity contribution in [1.29, 1.82) is 0 Å². The molecule has 0 amide bonds. The van der Waals surface area contributed by atoms with Crippen molar-refractivity contribution in [3.63, 3.8) is 0 Å². The Hall–Kier alpha value is 0.216. The van der Waals surface area contributed by atoms with Crippen LogP contribution in [0, 0.1) is 0 Å². The smallest absolute Gasteiger partial charge is 0.380 e. The van der Waals surface area contributed by atoms with Gasteiger partial charge in [0, 0.05) is 29.4 Å². The van der Waals surface area contributed by atoms with Crippen LogP contribution in [0.15, 0.2) is 0 Å². The summed E-state index contributed by atoms with van der Waals surface area (Å²) in [7, 11) is 1.55. The van der Waals surface area contributed by atoms with Crippen LogP contribution in [0.1, 0.15) is 20.8 Å². The van der Waals surface area contributed by atoms with Gasteiger partial charge in [-0.05, 0) is 27.8 Å². The van der Waals surface area contributed by atoms with Gasteiger partial charge in [-0.1, -0.05) is 0 Å². The molecule has 0 aliphatic rings. The van der Waals surface area contributed by atoms with Gasteiger partial charge in [0.1, 0.15) is 0 Å². The summed E-state index contributed by atoms with van der Waals surface area (Å²) in [6, 6.07) is -0.0196. The van der Waals surface area contributed by atoms with Crippen LogP contribution in [0.4, 0.5) is 13.2 Å². The number of likely N-dealkylation sites (N-methyl/N-ethyl adjacent to an activating group) is 1. The summed E-state index contributed by atoms with van der Waals surface area (Å²) >= 11 is 0. The number of hydrogen-bond donors (Lipinski definition) is 1. The molecule has 89 valence electrons. The van der Waals surface area contributed by atoms with E-state index < -0.39 is 18.3 Å². The molecule has 0 aromatic carbocycles. The Labute approximate surface area is 92.7 Å². The molecule has 14 heavy (non-hydrogen) atoms. The van der Waals surface area contributed by atoms with Crippen molar-refractivity contribution < 1.29 is 35.1 Å². The molecule has 1 atom stereocenters. The second-order valence-electron chi connectivity index (χ2n) is 3.78. The molecule has 0 aliphatic heterocycles. The SMILES string of the molecule is CC(C)N(C)CC(C)(O)C(F)(F)F.[Co]. The van der Waals surface area contributed by atoms with E-state index in [1.165, 1.54) is 4.90 Å². The fraction of sp³-hybridized carbons (Fsp3) is 1.00. The summed E-state index contributed by atoms with van der Waals surface area (Å²) in [5.41, 5.74) is -2.63. The van der Waals surface area contributed by atoms with Crippen LogP contribution >= 0.6 is 0 Å². The van der Waals surface area contributed by atoms with Crippen LogP contribution < -0.4 is 0 Å². The molecule has 0 fully saturated rings. The van der Waals surface area contributed by atoms with Crippen molar-refractivity contribution in [3.05, 3.63) is 0 Å². The summed E-state index contributed by atoms with van der Waals surface area (Å²) in [4.78, 5) is 1.45. The minimum absolute atomic E-state index is 0. The minimum atomic E-state index is -4.57. The van der Waals surface area contributed by atoms with Gasteiger partial charge in [0.2, 0.25) is 0 Å². The topological polar surface area (TPSA) is 23.5 Å². The van der Waals surface area contributed by atoms with Crippen LogP contribution in [0.3, 0.4) is 0 Å². The van der Waals surface area contributed by atoms with E-state index in [0.29, 0.717) is 0 Å². The molecular weight excluding hydrogens is 242 g/mol. The van der Waals surface area contributed by atoms with Gasteiger partial charge in [0.25, 0.3) is 0 Å². The Bertz CT molecular complexity index is 170. The Morgan fingerprint density at radius 1 is 1.29 bits per heavy atom. The number of halogens is 3. The van der Waals surface area contributed by atoms with E-state index in [9.17, 15) is 13.2 Å². The van der Waals surface area contributed by atoms with E-state index in [1.54, 1.807) is 20.9 Å². The molecule has 0 aliphatic carbocycles. The van der Waals surface area contributed by atoms with Crippen molar-refractivity contribution >= 4 is 0 Å². The maximum absolute atomic E-state index is 12.2. The molecule has 0 aromatic rings. The Morgan fingerprint density at radius 2 is 1.64 bits per heavy atom. The van der Waals surface area contributed by atoms with Gasteiger partial charge in [-0.25, -0.2) is 0 Å². The molecule has 2 nitrogen and oxygen atoms in total. The van der Waals surface area contributed by atoms with Gasteiger partial charge in [0.15, 0.2) is 5.60 Å². The summed E-state index contributed by atoms with van der Waals surface area (Å²) in [6.07, 6.45) is -4.57. The average molecular weight is 258 g/mol. The summed E-state index contributed by atoms with van der Waals surface area (Å²) in [5.74, 6) is 0. The van der Waals surface area contributed by atoms with Gasteiger partial charge < -0.3 is 10.0 Å². The zero-order valence-corrected chi connectivity index (χ0v) is 9.69. The first-order chi connectivity index (χ1) is 5.58. The van der Waals surface area contributed by atoms with Crippen molar-refractivity contribution in [2.24, 2.45) is 0 Å². The van der Waals surface area contributed by atoms with Gasteiger partial charge in [-0.3, -0.25) is 0 Å². The zero-order chi connectivity index (χ0) is 10.9. The molecule has 0 saturated carbocycles. The molecule has 1 unspecified atom stereocenters. The Kier molecular flexibility index (Phi) is 6.35. The number of nitrogens with zero attached hydrogens (tertiary/aromatic N) is 1. The summed E-state index contributed by atoms with van der Waals surface area (Å²) in [5, 5.41) is 9.10. The molecular formula is C8H16CoF3NO.